The quantitative estimate of drug-likeness (QED) is 0.669. The van der Waals surface area contributed by atoms with Crippen LogP contribution in [0.25, 0.3) is 0 Å². The fourth-order valence-corrected chi connectivity index (χ4v) is 1.71. The fraction of sp³-hybridized carbons (Fsp3) is 0.286. The summed E-state index contributed by atoms with van der Waals surface area (Å²) in [6.45, 7) is 0.614. The Morgan fingerprint density at radius 1 is 1.67 bits per heavy atom. The van der Waals surface area contributed by atoms with Crippen molar-refractivity contribution in [2.24, 2.45) is 4.99 Å². The normalized spacial score (nSPS) is 16.7. The Labute approximate surface area is 73.7 Å². The highest BCUT2D eigenvalue weighted by Crippen LogP contribution is 2.13. The molecule has 0 aromatic carbocycles. The molecule has 1 aromatic rings. The molecule has 0 spiro atoms. The number of aliphatic imine (C=N–C) groups is 1. The molecule has 2 heterocycles. The Kier molecular flexibility index (Phi) is 1.95. The van der Waals surface area contributed by atoms with Crippen LogP contribution in [0.4, 0.5) is 0 Å². The van der Waals surface area contributed by atoms with Crippen molar-refractivity contribution < 1.29 is 4.79 Å². The minimum absolute atomic E-state index is 0.0397. The van der Waals surface area contributed by atoms with E-state index in [0.29, 0.717) is 12.3 Å². The van der Waals surface area contributed by atoms with Crippen LogP contribution in [0.1, 0.15) is 0 Å². The molecular formula is C7H7N3OS. The summed E-state index contributed by atoms with van der Waals surface area (Å²) < 4.78 is 1.75. The highest BCUT2D eigenvalue weighted by atomic mass is 32.2. The standard InChI is InChI=1S/C7H7N3OS/c11-6-5-12-7(9-6)4-10-3-1-2-8-10/h1-3H,4-5H2. The van der Waals surface area contributed by atoms with Gasteiger partial charge in [0.25, 0.3) is 5.91 Å². The van der Waals surface area contributed by atoms with E-state index in [2.05, 4.69) is 10.1 Å². The molecule has 0 aliphatic carbocycles. The van der Waals surface area contributed by atoms with Crippen molar-refractivity contribution in [3.05, 3.63) is 18.5 Å². The van der Waals surface area contributed by atoms with Gasteiger partial charge in [-0.3, -0.25) is 9.48 Å². The van der Waals surface area contributed by atoms with Crippen molar-refractivity contribution in [2.75, 3.05) is 5.75 Å². The van der Waals surface area contributed by atoms with Crippen LogP contribution in [0.15, 0.2) is 23.5 Å². The lowest BCUT2D eigenvalue weighted by Gasteiger charge is -1.97. The van der Waals surface area contributed by atoms with Crippen LogP contribution in [-0.4, -0.2) is 26.5 Å². The van der Waals surface area contributed by atoms with E-state index in [4.69, 9.17) is 0 Å². The number of hydrogen-bond donors (Lipinski definition) is 0. The summed E-state index contributed by atoms with van der Waals surface area (Å²) in [5.74, 6) is 0.443. The first kappa shape index (κ1) is 7.54. The summed E-state index contributed by atoms with van der Waals surface area (Å²) >= 11 is 1.49. The van der Waals surface area contributed by atoms with Crippen LogP contribution in [0.2, 0.25) is 0 Å². The van der Waals surface area contributed by atoms with Gasteiger partial charge in [0.15, 0.2) is 0 Å². The number of carbonyl (C=O) groups is 1. The number of nitrogens with zero attached hydrogens (tertiary/aromatic N) is 3. The fourth-order valence-electron chi connectivity index (χ4n) is 0.962. The number of carbonyl (C=O) groups excluding carboxylic acids is 1. The van der Waals surface area contributed by atoms with Crippen LogP contribution in [0, 0.1) is 0 Å². The van der Waals surface area contributed by atoms with Crippen LogP contribution < -0.4 is 0 Å². The molecule has 0 unspecified atom stereocenters. The van der Waals surface area contributed by atoms with Crippen molar-refractivity contribution in [2.45, 2.75) is 6.54 Å². The predicted molar refractivity (Wildman–Crippen MR) is 47.1 cm³/mol. The van der Waals surface area contributed by atoms with Crippen LogP contribution >= 0.6 is 11.8 Å². The van der Waals surface area contributed by atoms with Gasteiger partial charge < -0.3 is 0 Å². The van der Waals surface area contributed by atoms with Gasteiger partial charge in [-0.1, -0.05) is 11.8 Å². The van der Waals surface area contributed by atoms with Gasteiger partial charge in [-0.2, -0.15) is 5.10 Å². The van der Waals surface area contributed by atoms with E-state index in [1.54, 1.807) is 10.9 Å². The number of aromatic nitrogens is 2. The minimum atomic E-state index is -0.0397. The van der Waals surface area contributed by atoms with Gasteiger partial charge in [0.05, 0.1) is 17.3 Å². The summed E-state index contributed by atoms with van der Waals surface area (Å²) in [6, 6.07) is 1.85. The molecular weight excluding hydrogens is 174 g/mol. The average Bonchev–Trinajstić information content (AvgIpc) is 2.63. The summed E-state index contributed by atoms with van der Waals surface area (Å²) in [5.41, 5.74) is 0. The van der Waals surface area contributed by atoms with Gasteiger partial charge in [0, 0.05) is 12.4 Å². The van der Waals surface area contributed by atoms with Crippen LogP contribution in [-0.2, 0) is 11.3 Å². The van der Waals surface area contributed by atoms with Crippen LogP contribution in [0.5, 0.6) is 0 Å². The monoisotopic (exact) mass is 181 g/mol. The SMILES string of the molecule is O=C1CSC(Cn2cccn2)=N1. The first-order valence-corrected chi connectivity index (χ1v) is 4.54. The molecule has 0 bridgehead atoms. The zero-order chi connectivity index (χ0) is 8.39. The number of amides is 1. The Balaban J connectivity index is 2.05. The molecule has 12 heavy (non-hydrogen) atoms. The number of thioether (sulfide) groups is 1. The molecule has 1 aromatic heterocycles. The maximum Gasteiger partial charge on any atom is 0.256 e. The van der Waals surface area contributed by atoms with E-state index in [9.17, 15) is 4.79 Å². The highest BCUT2D eigenvalue weighted by Gasteiger charge is 2.14. The van der Waals surface area contributed by atoms with Gasteiger partial charge in [-0.25, -0.2) is 4.99 Å². The van der Waals surface area contributed by atoms with E-state index in [-0.39, 0.29) is 5.91 Å². The van der Waals surface area contributed by atoms with Crippen molar-refractivity contribution >= 4 is 22.7 Å². The van der Waals surface area contributed by atoms with E-state index < -0.39 is 0 Å². The Hall–Kier alpha value is -1.10. The van der Waals surface area contributed by atoms with Gasteiger partial charge in [-0.05, 0) is 6.07 Å². The van der Waals surface area contributed by atoms with Gasteiger partial charge in [0.2, 0.25) is 0 Å². The summed E-state index contributed by atoms with van der Waals surface area (Å²) in [5, 5.41) is 4.87. The highest BCUT2D eigenvalue weighted by molar-refractivity contribution is 8.15. The number of rotatable bonds is 2. The minimum Gasteiger partial charge on any atom is -0.272 e. The zero-order valence-corrected chi connectivity index (χ0v) is 7.12. The van der Waals surface area contributed by atoms with Crippen LogP contribution in [0.3, 0.4) is 0 Å². The average molecular weight is 181 g/mol. The molecule has 0 fully saturated rings. The third-order valence-corrected chi connectivity index (χ3v) is 2.41. The molecule has 0 saturated carbocycles. The largest absolute Gasteiger partial charge is 0.272 e. The lowest BCUT2D eigenvalue weighted by molar-refractivity contribution is -0.115. The molecule has 0 saturated heterocycles. The molecule has 1 amide bonds. The van der Waals surface area contributed by atoms with E-state index >= 15 is 0 Å². The number of hydrogen-bond acceptors (Lipinski definition) is 3. The second kappa shape index (κ2) is 3.10. The van der Waals surface area contributed by atoms with Crippen molar-refractivity contribution in [3.8, 4) is 0 Å². The third-order valence-electron chi connectivity index (χ3n) is 1.47. The topological polar surface area (TPSA) is 47.2 Å². The second-order valence-electron chi connectivity index (χ2n) is 2.39. The van der Waals surface area contributed by atoms with Gasteiger partial charge in [-0.15, -0.1) is 0 Å². The second-order valence-corrected chi connectivity index (χ2v) is 3.44. The van der Waals surface area contributed by atoms with Gasteiger partial charge >= 0.3 is 0 Å². The van der Waals surface area contributed by atoms with E-state index in [0.717, 1.165) is 5.04 Å². The molecule has 5 heteroatoms. The molecule has 2 rings (SSSR count). The molecule has 0 N–H and O–H groups in total. The summed E-state index contributed by atoms with van der Waals surface area (Å²) in [4.78, 5) is 14.6. The lowest BCUT2D eigenvalue weighted by atomic mass is 10.6. The first-order valence-electron chi connectivity index (χ1n) is 3.55. The Morgan fingerprint density at radius 3 is 3.17 bits per heavy atom. The zero-order valence-electron chi connectivity index (χ0n) is 6.30. The van der Waals surface area contributed by atoms with E-state index in [1.165, 1.54) is 11.8 Å². The van der Waals surface area contributed by atoms with E-state index in [1.807, 2.05) is 12.3 Å². The smallest absolute Gasteiger partial charge is 0.256 e. The van der Waals surface area contributed by atoms with Gasteiger partial charge in [0.1, 0.15) is 0 Å². The molecule has 4 nitrogen and oxygen atoms in total. The van der Waals surface area contributed by atoms with Crippen molar-refractivity contribution in [1.82, 2.24) is 9.78 Å². The third kappa shape index (κ3) is 1.55. The van der Waals surface area contributed by atoms with Crippen molar-refractivity contribution in [1.29, 1.82) is 0 Å². The Bertz CT molecular complexity index is 317. The lowest BCUT2D eigenvalue weighted by Crippen LogP contribution is -2.05. The first-order chi connectivity index (χ1) is 5.84. The predicted octanol–water partition coefficient (Wildman–Crippen LogP) is 0.555. The Morgan fingerprint density at radius 2 is 2.58 bits per heavy atom. The molecule has 0 radical (unpaired) electrons. The molecule has 1 aliphatic rings. The molecule has 62 valence electrons. The maximum atomic E-state index is 10.7. The molecule has 1 aliphatic heterocycles. The summed E-state index contributed by atoms with van der Waals surface area (Å²) in [6.07, 6.45) is 3.56. The maximum absolute atomic E-state index is 10.7. The molecule has 0 atom stereocenters. The summed E-state index contributed by atoms with van der Waals surface area (Å²) in [7, 11) is 0. The van der Waals surface area contributed by atoms with Crippen molar-refractivity contribution in [3.63, 3.8) is 0 Å².